The highest BCUT2D eigenvalue weighted by Crippen LogP contribution is 2.32. The maximum atomic E-state index is 12.3. The number of ether oxygens (including phenoxy) is 1. The maximum Gasteiger partial charge on any atom is 0.262 e. The van der Waals surface area contributed by atoms with Gasteiger partial charge >= 0.3 is 0 Å². The standard InChI is InChI=1S/C20H24BrNO2/c1-12(2)16-10-17(21)15(5)9-18(16)24-11-19(23)22-20-13(3)7-6-8-14(20)4/h6-10,12H,11H2,1-5H3,(H,22,23). The van der Waals surface area contributed by atoms with Crippen LogP contribution in [0.25, 0.3) is 0 Å². The van der Waals surface area contributed by atoms with Gasteiger partial charge in [-0.2, -0.15) is 0 Å². The molecule has 0 fully saturated rings. The van der Waals surface area contributed by atoms with Gasteiger partial charge in [0.1, 0.15) is 5.75 Å². The first kappa shape index (κ1) is 18.5. The molecule has 0 aliphatic heterocycles. The molecule has 2 aromatic carbocycles. The molecule has 0 unspecified atom stereocenters. The summed E-state index contributed by atoms with van der Waals surface area (Å²) in [5.41, 5.74) is 5.13. The second-order valence-electron chi connectivity index (χ2n) is 6.40. The summed E-state index contributed by atoms with van der Waals surface area (Å²) >= 11 is 3.55. The van der Waals surface area contributed by atoms with Crippen LogP contribution in [0.15, 0.2) is 34.8 Å². The zero-order valence-corrected chi connectivity index (χ0v) is 16.5. The molecule has 0 spiro atoms. The predicted molar refractivity (Wildman–Crippen MR) is 103 cm³/mol. The van der Waals surface area contributed by atoms with Crippen molar-refractivity contribution < 1.29 is 9.53 Å². The summed E-state index contributed by atoms with van der Waals surface area (Å²) in [7, 11) is 0. The summed E-state index contributed by atoms with van der Waals surface area (Å²) in [6.45, 7) is 10.2. The summed E-state index contributed by atoms with van der Waals surface area (Å²) in [5, 5.41) is 2.95. The zero-order chi connectivity index (χ0) is 17.9. The van der Waals surface area contributed by atoms with Crippen LogP contribution in [0.1, 0.15) is 42.0 Å². The van der Waals surface area contributed by atoms with Gasteiger partial charge in [0, 0.05) is 10.2 Å². The number of benzene rings is 2. The van der Waals surface area contributed by atoms with E-state index in [9.17, 15) is 4.79 Å². The molecule has 0 aliphatic rings. The predicted octanol–water partition coefficient (Wildman–Crippen LogP) is 5.52. The molecule has 24 heavy (non-hydrogen) atoms. The Balaban J connectivity index is 2.11. The van der Waals surface area contributed by atoms with Crippen molar-refractivity contribution in [1.29, 1.82) is 0 Å². The SMILES string of the molecule is Cc1cc(OCC(=O)Nc2c(C)cccc2C)c(C(C)C)cc1Br. The highest BCUT2D eigenvalue weighted by molar-refractivity contribution is 9.10. The number of carbonyl (C=O) groups is 1. The maximum absolute atomic E-state index is 12.3. The van der Waals surface area contributed by atoms with Gasteiger partial charge in [-0.3, -0.25) is 4.79 Å². The molecule has 1 amide bonds. The molecule has 1 N–H and O–H groups in total. The fraction of sp³-hybridized carbons (Fsp3) is 0.350. The highest BCUT2D eigenvalue weighted by Gasteiger charge is 2.13. The Hall–Kier alpha value is -1.81. The second kappa shape index (κ2) is 7.84. The molecule has 0 saturated carbocycles. The number of amides is 1. The number of carbonyl (C=O) groups excluding carboxylic acids is 1. The second-order valence-corrected chi connectivity index (χ2v) is 7.25. The number of hydrogen-bond acceptors (Lipinski definition) is 2. The molecule has 0 atom stereocenters. The van der Waals surface area contributed by atoms with Gasteiger partial charge in [-0.25, -0.2) is 0 Å². The van der Waals surface area contributed by atoms with Crippen LogP contribution in [0.2, 0.25) is 0 Å². The van der Waals surface area contributed by atoms with Crippen molar-refractivity contribution >= 4 is 27.5 Å². The van der Waals surface area contributed by atoms with Crippen LogP contribution in [-0.4, -0.2) is 12.5 Å². The summed E-state index contributed by atoms with van der Waals surface area (Å²) in [6, 6.07) is 10.00. The fourth-order valence-corrected chi connectivity index (χ4v) is 2.94. The summed E-state index contributed by atoms with van der Waals surface area (Å²) in [5.74, 6) is 0.934. The quantitative estimate of drug-likeness (QED) is 0.731. The Morgan fingerprint density at radius 2 is 1.75 bits per heavy atom. The van der Waals surface area contributed by atoms with E-state index in [1.807, 2.05) is 45.0 Å². The molecule has 2 rings (SSSR count). The highest BCUT2D eigenvalue weighted by atomic mass is 79.9. The van der Waals surface area contributed by atoms with Gasteiger partial charge in [-0.05, 0) is 61.1 Å². The van der Waals surface area contributed by atoms with Crippen molar-refractivity contribution in [2.75, 3.05) is 11.9 Å². The largest absolute Gasteiger partial charge is 0.483 e. The van der Waals surface area contributed by atoms with Crippen LogP contribution in [0.5, 0.6) is 5.75 Å². The summed E-state index contributed by atoms with van der Waals surface area (Å²) in [6.07, 6.45) is 0. The van der Waals surface area contributed by atoms with E-state index in [0.717, 1.165) is 38.2 Å². The average Bonchev–Trinajstić information content (AvgIpc) is 2.51. The first-order valence-electron chi connectivity index (χ1n) is 8.08. The van der Waals surface area contributed by atoms with Gasteiger partial charge < -0.3 is 10.1 Å². The minimum atomic E-state index is -0.150. The third kappa shape index (κ3) is 4.38. The van der Waals surface area contributed by atoms with Crippen LogP contribution in [0.3, 0.4) is 0 Å². The van der Waals surface area contributed by atoms with Gasteiger partial charge in [0.2, 0.25) is 0 Å². The Morgan fingerprint density at radius 1 is 1.12 bits per heavy atom. The van der Waals surface area contributed by atoms with Crippen LogP contribution < -0.4 is 10.1 Å². The monoisotopic (exact) mass is 389 g/mol. The van der Waals surface area contributed by atoms with Crippen molar-refractivity contribution in [1.82, 2.24) is 0 Å². The lowest BCUT2D eigenvalue weighted by molar-refractivity contribution is -0.118. The molecule has 0 saturated heterocycles. The topological polar surface area (TPSA) is 38.3 Å². The Labute approximate surface area is 152 Å². The lowest BCUT2D eigenvalue weighted by Gasteiger charge is -2.16. The normalized spacial score (nSPS) is 10.8. The average molecular weight is 390 g/mol. The summed E-state index contributed by atoms with van der Waals surface area (Å²) in [4.78, 5) is 12.3. The molecule has 128 valence electrons. The molecule has 3 nitrogen and oxygen atoms in total. The van der Waals surface area contributed by atoms with Crippen molar-refractivity contribution in [2.45, 2.75) is 40.5 Å². The smallest absolute Gasteiger partial charge is 0.262 e. The van der Waals surface area contributed by atoms with E-state index in [4.69, 9.17) is 4.74 Å². The van der Waals surface area contributed by atoms with E-state index in [-0.39, 0.29) is 12.5 Å². The molecule has 4 heteroatoms. The van der Waals surface area contributed by atoms with Crippen molar-refractivity contribution in [3.63, 3.8) is 0 Å². The lowest BCUT2D eigenvalue weighted by Crippen LogP contribution is -2.21. The van der Waals surface area contributed by atoms with E-state index in [1.54, 1.807) is 0 Å². The molecule has 0 aromatic heterocycles. The Kier molecular flexibility index (Phi) is 6.05. The van der Waals surface area contributed by atoms with Crippen molar-refractivity contribution in [3.05, 3.63) is 57.1 Å². The molecule has 0 aliphatic carbocycles. The van der Waals surface area contributed by atoms with E-state index in [1.165, 1.54) is 0 Å². The molecule has 0 heterocycles. The van der Waals surface area contributed by atoms with Crippen LogP contribution in [-0.2, 0) is 4.79 Å². The van der Waals surface area contributed by atoms with Crippen LogP contribution >= 0.6 is 15.9 Å². The Morgan fingerprint density at radius 3 is 2.33 bits per heavy atom. The molecular weight excluding hydrogens is 366 g/mol. The molecule has 0 bridgehead atoms. The Bertz CT molecular complexity index is 733. The van der Waals surface area contributed by atoms with Gasteiger partial charge in [-0.15, -0.1) is 0 Å². The minimum absolute atomic E-state index is 0.00539. The number of para-hydroxylation sites is 1. The van der Waals surface area contributed by atoms with Gasteiger partial charge in [0.25, 0.3) is 5.91 Å². The minimum Gasteiger partial charge on any atom is -0.483 e. The third-order valence-electron chi connectivity index (χ3n) is 4.02. The summed E-state index contributed by atoms with van der Waals surface area (Å²) < 4.78 is 6.87. The number of nitrogens with one attached hydrogen (secondary N) is 1. The third-order valence-corrected chi connectivity index (χ3v) is 4.87. The van der Waals surface area contributed by atoms with Crippen molar-refractivity contribution in [3.8, 4) is 5.75 Å². The number of halogens is 1. The van der Waals surface area contributed by atoms with E-state index < -0.39 is 0 Å². The van der Waals surface area contributed by atoms with E-state index in [0.29, 0.717) is 5.92 Å². The van der Waals surface area contributed by atoms with Gasteiger partial charge in [-0.1, -0.05) is 48.0 Å². The lowest BCUT2D eigenvalue weighted by atomic mass is 10.0. The van der Waals surface area contributed by atoms with Crippen molar-refractivity contribution in [2.24, 2.45) is 0 Å². The fourth-order valence-electron chi connectivity index (χ4n) is 2.58. The van der Waals surface area contributed by atoms with Crippen LogP contribution in [0, 0.1) is 20.8 Å². The van der Waals surface area contributed by atoms with E-state index in [2.05, 4.69) is 41.2 Å². The number of hydrogen-bond donors (Lipinski definition) is 1. The van der Waals surface area contributed by atoms with Gasteiger partial charge in [0.15, 0.2) is 6.61 Å². The zero-order valence-electron chi connectivity index (χ0n) is 14.9. The number of aryl methyl sites for hydroxylation is 3. The molecule has 0 radical (unpaired) electrons. The van der Waals surface area contributed by atoms with E-state index >= 15 is 0 Å². The first-order valence-corrected chi connectivity index (χ1v) is 8.87. The number of rotatable bonds is 5. The molecular formula is C20H24BrNO2. The van der Waals surface area contributed by atoms with Gasteiger partial charge in [0.05, 0.1) is 0 Å². The molecule has 2 aromatic rings. The number of anilines is 1. The first-order chi connectivity index (χ1) is 11.3. The van der Waals surface area contributed by atoms with Crippen LogP contribution in [0.4, 0.5) is 5.69 Å².